The monoisotopic (exact) mass is 183 g/mol. The summed E-state index contributed by atoms with van der Waals surface area (Å²) in [7, 11) is 0. The van der Waals surface area contributed by atoms with Gasteiger partial charge >= 0.3 is 0 Å². The van der Waals surface area contributed by atoms with Crippen LogP contribution in [-0.2, 0) is 4.79 Å². The maximum Gasteiger partial charge on any atom is 0.144 e. The minimum Gasteiger partial charge on any atom is -0.375 e. The average molecular weight is 183 g/mol. The van der Waals surface area contributed by atoms with Crippen molar-refractivity contribution in [1.29, 1.82) is 0 Å². The number of nitrogens with zero attached hydrogens (tertiary/aromatic N) is 1. The summed E-state index contributed by atoms with van der Waals surface area (Å²) in [5.41, 5.74) is 1.17. The van der Waals surface area contributed by atoms with Gasteiger partial charge in [-0.3, -0.25) is 4.79 Å². The molecule has 0 bridgehead atoms. The normalized spacial score (nSPS) is 12.8. The van der Waals surface area contributed by atoms with Crippen molar-refractivity contribution >= 4 is 6.29 Å². The SMILES string of the molecule is CCN(CC)C(=CC=O)C(C)(C)C. The van der Waals surface area contributed by atoms with E-state index in [0.717, 1.165) is 25.1 Å². The molecule has 76 valence electrons. The van der Waals surface area contributed by atoms with Crippen molar-refractivity contribution in [3.05, 3.63) is 11.8 Å². The van der Waals surface area contributed by atoms with Gasteiger partial charge in [0.1, 0.15) is 6.29 Å². The fourth-order valence-electron chi connectivity index (χ4n) is 1.46. The average Bonchev–Trinajstić information content (AvgIpc) is 2.03. The van der Waals surface area contributed by atoms with Gasteiger partial charge in [-0.15, -0.1) is 0 Å². The van der Waals surface area contributed by atoms with Gasteiger partial charge in [-0.2, -0.15) is 0 Å². The van der Waals surface area contributed by atoms with Crippen LogP contribution in [0.5, 0.6) is 0 Å². The van der Waals surface area contributed by atoms with Crippen LogP contribution in [-0.4, -0.2) is 24.3 Å². The summed E-state index contributed by atoms with van der Waals surface area (Å²) >= 11 is 0. The third kappa shape index (κ3) is 3.62. The molecule has 0 atom stereocenters. The Kier molecular flexibility index (Phi) is 4.74. The summed E-state index contributed by atoms with van der Waals surface area (Å²) in [5, 5.41) is 0. The molecule has 0 aromatic rings. The van der Waals surface area contributed by atoms with E-state index >= 15 is 0 Å². The molecule has 0 aliphatic carbocycles. The van der Waals surface area contributed by atoms with Gasteiger partial charge in [0.25, 0.3) is 0 Å². The summed E-state index contributed by atoms with van der Waals surface area (Å²) in [4.78, 5) is 12.7. The zero-order chi connectivity index (χ0) is 10.5. The quantitative estimate of drug-likeness (QED) is 0.493. The second-order valence-electron chi connectivity index (χ2n) is 4.11. The predicted octanol–water partition coefficient (Wildman–Crippen LogP) is 2.46. The molecule has 0 aliphatic heterocycles. The lowest BCUT2D eigenvalue weighted by atomic mass is 9.90. The lowest BCUT2D eigenvalue weighted by molar-refractivity contribution is -0.104. The number of hydrogen-bond donors (Lipinski definition) is 0. The Morgan fingerprint density at radius 3 is 1.92 bits per heavy atom. The minimum atomic E-state index is 0.0485. The van der Waals surface area contributed by atoms with Crippen molar-refractivity contribution in [3.63, 3.8) is 0 Å². The number of rotatable bonds is 4. The van der Waals surface area contributed by atoms with Gasteiger partial charge in [0, 0.05) is 24.2 Å². The van der Waals surface area contributed by atoms with Gasteiger partial charge in [0.2, 0.25) is 0 Å². The molecule has 0 N–H and O–H groups in total. The summed E-state index contributed by atoms with van der Waals surface area (Å²) in [6.45, 7) is 12.5. The van der Waals surface area contributed by atoms with Gasteiger partial charge in [-0.25, -0.2) is 0 Å². The minimum absolute atomic E-state index is 0.0485. The lowest BCUT2D eigenvalue weighted by Crippen LogP contribution is -2.30. The molecule has 0 rings (SSSR count). The van der Waals surface area contributed by atoms with Gasteiger partial charge in [-0.05, 0) is 19.9 Å². The molecular weight excluding hydrogens is 162 g/mol. The van der Waals surface area contributed by atoms with Crippen molar-refractivity contribution in [2.45, 2.75) is 34.6 Å². The molecule has 0 unspecified atom stereocenters. The first kappa shape index (κ1) is 12.2. The van der Waals surface area contributed by atoms with E-state index in [9.17, 15) is 4.79 Å². The van der Waals surface area contributed by atoms with Gasteiger partial charge in [0.15, 0.2) is 0 Å². The van der Waals surface area contributed by atoms with E-state index in [2.05, 4.69) is 39.5 Å². The number of aldehydes is 1. The maximum absolute atomic E-state index is 10.5. The van der Waals surface area contributed by atoms with Crippen LogP contribution in [0.4, 0.5) is 0 Å². The van der Waals surface area contributed by atoms with E-state index in [-0.39, 0.29) is 5.41 Å². The molecule has 2 nitrogen and oxygen atoms in total. The van der Waals surface area contributed by atoms with Crippen molar-refractivity contribution in [2.24, 2.45) is 5.41 Å². The molecule has 0 aromatic heterocycles. The smallest absolute Gasteiger partial charge is 0.144 e. The molecule has 0 fully saturated rings. The van der Waals surface area contributed by atoms with Crippen molar-refractivity contribution in [1.82, 2.24) is 4.90 Å². The van der Waals surface area contributed by atoms with Crippen LogP contribution in [0, 0.1) is 5.41 Å². The molecule has 0 saturated heterocycles. The zero-order valence-electron chi connectivity index (χ0n) is 9.42. The fraction of sp³-hybridized carbons (Fsp3) is 0.727. The molecule has 0 heterocycles. The standard InChI is InChI=1S/C11H21NO/c1-6-12(7-2)10(8-9-13)11(3,4)5/h8-9H,6-7H2,1-5H3. The van der Waals surface area contributed by atoms with Gasteiger partial charge in [-0.1, -0.05) is 20.8 Å². The van der Waals surface area contributed by atoms with E-state index in [1.165, 1.54) is 0 Å². The molecule has 0 aromatic carbocycles. The second-order valence-corrected chi connectivity index (χ2v) is 4.11. The third-order valence-electron chi connectivity index (χ3n) is 2.10. The van der Waals surface area contributed by atoms with Crippen molar-refractivity contribution < 1.29 is 4.79 Å². The van der Waals surface area contributed by atoms with Crippen LogP contribution in [0.1, 0.15) is 34.6 Å². The summed E-state index contributed by atoms with van der Waals surface area (Å²) in [6, 6.07) is 0. The first-order valence-electron chi connectivity index (χ1n) is 4.88. The first-order valence-corrected chi connectivity index (χ1v) is 4.88. The van der Waals surface area contributed by atoms with Crippen LogP contribution in [0.25, 0.3) is 0 Å². The van der Waals surface area contributed by atoms with Crippen LogP contribution in [0.2, 0.25) is 0 Å². The fourth-order valence-corrected chi connectivity index (χ4v) is 1.46. The summed E-state index contributed by atoms with van der Waals surface area (Å²) in [6.07, 6.45) is 2.55. The Hall–Kier alpha value is -0.790. The van der Waals surface area contributed by atoms with Crippen LogP contribution >= 0.6 is 0 Å². The predicted molar refractivity (Wildman–Crippen MR) is 56.5 cm³/mol. The van der Waals surface area contributed by atoms with Gasteiger partial charge in [0.05, 0.1) is 0 Å². The second kappa shape index (κ2) is 5.05. The Bertz CT molecular complexity index is 185. The summed E-state index contributed by atoms with van der Waals surface area (Å²) in [5.74, 6) is 0. The molecule has 0 aliphatic rings. The lowest BCUT2D eigenvalue weighted by Gasteiger charge is -2.33. The number of allylic oxidation sites excluding steroid dienone is 2. The molecule has 0 radical (unpaired) electrons. The highest BCUT2D eigenvalue weighted by molar-refractivity contribution is 5.66. The van der Waals surface area contributed by atoms with E-state index in [1.54, 1.807) is 6.08 Å². The molecule has 2 heteroatoms. The van der Waals surface area contributed by atoms with E-state index in [4.69, 9.17) is 0 Å². The Labute approximate surface area is 81.6 Å². The highest BCUT2D eigenvalue weighted by Crippen LogP contribution is 2.27. The van der Waals surface area contributed by atoms with Crippen LogP contribution < -0.4 is 0 Å². The molecule has 13 heavy (non-hydrogen) atoms. The molecule has 0 amide bonds. The zero-order valence-corrected chi connectivity index (χ0v) is 9.42. The number of carbonyl (C=O) groups excluding carboxylic acids is 1. The van der Waals surface area contributed by atoms with E-state index in [1.807, 2.05) is 0 Å². The van der Waals surface area contributed by atoms with Gasteiger partial charge < -0.3 is 4.90 Å². The summed E-state index contributed by atoms with van der Waals surface area (Å²) < 4.78 is 0. The topological polar surface area (TPSA) is 20.3 Å². The Morgan fingerprint density at radius 1 is 1.23 bits per heavy atom. The Balaban J connectivity index is 4.80. The largest absolute Gasteiger partial charge is 0.375 e. The van der Waals surface area contributed by atoms with Crippen LogP contribution in [0.15, 0.2) is 11.8 Å². The highest BCUT2D eigenvalue weighted by atomic mass is 16.1. The van der Waals surface area contributed by atoms with E-state index in [0.29, 0.717) is 0 Å². The number of carbonyl (C=O) groups is 1. The molecular formula is C11H21NO. The number of hydrogen-bond acceptors (Lipinski definition) is 2. The highest BCUT2D eigenvalue weighted by Gasteiger charge is 2.20. The maximum atomic E-state index is 10.5. The molecule has 0 saturated carbocycles. The first-order chi connectivity index (χ1) is 5.97. The molecule has 0 spiro atoms. The van der Waals surface area contributed by atoms with Crippen LogP contribution in [0.3, 0.4) is 0 Å². The van der Waals surface area contributed by atoms with Crippen molar-refractivity contribution in [2.75, 3.05) is 13.1 Å². The van der Waals surface area contributed by atoms with E-state index < -0.39 is 0 Å². The van der Waals surface area contributed by atoms with Crippen molar-refractivity contribution in [3.8, 4) is 0 Å². The Morgan fingerprint density at radius 2 is 1.69 bits per heavy atom. The third-order valence-corrected chi connectivity index (χ3v) is 2.10.